The van der Waals surface area contributed by atoms with Crippen LogP contribution < -0.4 is 0 Å². The van der Waals surface area contributed by atoms with Crippen LogP contribution in [0.25, 0.3) is 0 Å². The molecule has 0 fully saturated rings. The number of rotatable bonds is 7. The first-order valence-electron chi connectivity index (χ1n) is 7.73. The molecule has 118 valence electrons. The van der Waals surface area contributed by atoms with Crippen molar-refractivity contribution in [3.63, 3.8) is 0 Å². The molecule has 21 heavy (non-hydrogen) atoms. The fraction of sp³-hybridized carbons (Fsp3) is 0.611. The van der Waals surface area contributed by atoms with E-state index in [4.69, 9.17) is 4.74 Å². The van der Waals surface area contributed by atoms with Crippen molar-refractivity contribution in [1.82, 2.24) is 4.90 Å². The smallest absolute Gasteiger partial charge is 0.313 e. The average molecular weight is 291 g/mol. The molecule has 0 heterocycles. The fourth-order valence-corrected chi connectivity index (χ4v) is 2.40. The van der Waals surface area contributed by atoms with Crippen LogP contribution in [-0.4, -0.2) is 37.6 Å². The van der Waals surface area contributed by atoms with Crippen molar-refractivity contribution < 1.29 is 9.53 Å². The van der Waals surface area contributed by atoms with Crippen LogP contribution in [-0.2, 0) is 16.0 Å². The maximum absolute atomic E-state index is 12.2. The van der Waals surface area contributed by atoms with Gasteiger partial charge in [0.05, 0.1) is 5.92 Å². The molecule has 1 rings (SSSR count). The van der Waals surface area contributed by atoms with Gasteiger partial charge >= 0.3 is 5.97 Å². The van der Waals surface area contributed by atoms with Gasteiger partial charge in [0.25, 0.3) is 0 Å². The van der Waals surface area contributed by atoms with E-state index in [1.807, 2.05) is 45.0 Å². The second-order valence-electron chi connectivity index (χ2n) is 6.57. The van der Waals surface area contributed by atoms with Crippen molar-refractivity contribution in [3.05, 3.63) is 35.4 Å². The van der Waals surface area contributed by atoms with Crippen LogP contribution >= 0.6 is 0 Å². The minimum atomic E-state index is -0.220. The average Bonchev–Trinajstić information content (AvgIpc) is 2.36. The predicted molar refractivity (Wildman–Crippen MR) is 87.5 cm³/mol. The number of carbonyl (C=O) groups excluding carboxylic acids is 1. The first-order chi connectivity index (χ1) is 9.79. The minimum Gasteiger partial charge on any atom is -0.461 e. The van der Waals surface area contributed by atoms with Crippen molar-refractivity contribution in [2.75, 3.05) is 20.6 Å². The summed E-state index contributed by atoms with van der Waals surface area (Å²) >= 11 is 0. The van der Waals surface area contributed by atoms with E-state index < -0.39 is 0 Å². The molecular weight excluding hydrogens is 262 g/mol. The lowest BCUT2D eigenvalue weighted by Gasteiger charge is -2.20. The highest BCUT2D eigenvalue weighted by Gasteiger charge is 2.19. The quantitative estimate of drug-likeness (QED) is 0.720. The maximum atomic E-state index is 12.2. The molecule has 2 atom stereocenters. The molecule has 0 N–H and O–H groups in total. The molecule has 1 aromatic carbocycles. The number of hydrogen-bond donors (Lipinski definition) is 0. The third-order valence-corrected chi connectivity index (χ3v) is 3.42. The molecule has 0 aliphatic carbocycles. The Balaban J connectivity index is 2.61. The van der Waals surface area contributed by atoms with Crippen molar-refractivity contribution in [1.29, 1.82) is 0 Å². The van der Waals surface area contributed by atoms with E-state index in [0.29, 0.717) is 5.92 Å². The van der Waals surface area contributed by atoms with Gasteiger partial charge in [-0.2, -0.15) is 0 Å². The largest absolute Gasteiger partial charge is 0.461 e. The van der Waals surface area contributed by atoms with Crippen LogP contribution in [0.3, 0.4) is 0 Å². The standard InChI is InChI=1S/C18H29NO2/c1-13(2)11-16-7-9-17(10-8-16)15(4)18(20)21-14(3)12-19(5)6/h7-10,13-15H,11-12H2,1-6H3. The van der Waals surface area contributed by atoms with Gasteiger partial charge in [-0.1, -0.05) is 38.1 Å². The highest BCUT2D eigenvalue weighted by Crippen LogP contribution is 2.19. The molecule has 0 spiro atoms. The number of carbonyl (C=O) groups is 1. The molecule has 3 nitrogen and oxygen atoms in total. The maximum Gasteiger partial charge on any atom is 0.313 e. The Bertz CT molecular complexity index is 437. The Hall–Kier alpha value is -1.35. The van der Waals surface area contributed by atoms with E-state index in [1.54, 1.807) is 0 Å². The van der Waals surface area contributed by atoms with Crippen molar-refractivity contribution in [2.45, 2.75) is 46.1 Å². The van der Waals surface area contributed by atoms with Crippen molar-refractivity contribution in [3.8, 4) is 0 Å². The Morgan fingerprint density at radius 2 is 1.67 bits per heavy atom. The lowest BCUT2D eigenvalue weighted by molar-refractivity contribution is -0.150. The van der Waals surface area contributed by atoms with Gasteiger partial charge in [0.1, 0.15) is 6.10 Å². The van der Waals surface area contributed by atoms with Gasteiger partial charge in [-0.3, -0.25) is 4.79 Å². The van der Waals surface area contributed by atoms with Crippen LogP contribution in [0.1, 0.15) is 44.7 Å². The van der Waals surface area contributed by atoms with E-state index in [9.17, 15) is 4.79 Å². The first-order valence-corrected chi connectivity index (χ1v) is 7.73. The van der Waals surface area contributed by atoms with Gasteiger partial charge < -0.3 is 9.64 Å². The number of benzene rings is 1. The molecule has 0 saturated heterocycles. The van der Waals surface area contributed by atoms with Crippen LogP contribution in [0.15, 0.2) is 24.3 Å². The summed E-state index contributed by atoms with van der Waals surface area (Å²) in [5.74, 6) is 0.272. The van der Waals surface area contributed by atoms with E-state index in [2.05, 4.69) is 26.0 Å². The molecule has 0 aromatic heterocycles. The predicted octanol–water partition coefficient (Wildman–Crippen LogP) is 3.48. The van der Waals surface area contributed by atoms with Gasteiger partial charge in [-0.15, -0.1) is 0 Å². The lowest BCUT2D eigenvalue weighted by atomic mass is 9.97. The third kappa shape index (κ3) is 6.30. The molecule has 2 unspecified atom stereocenters. The highest BCUT2D eigenvalue weighted by atomic mass is 16.5. The second-order valence-corrected chi connectivity index (χ2v) is 6.57. The molecular formula is C18H29NO2. The van der Waals surface area contributed by atoms with Crippen LogP contribution in [0, 0.1) is 5.92 Å². The van der Waals surface area contributed by atoms with Gasteiger partial charge in [-0.05, 0) is 51.4 Å². The monoisotopic (exact) mass is 291 g/mol. The molecule has 0 radical (unpaired) electrons. The normalized spacial score (nSPS) is 14.3. The van der Waals surface area contributed by atoms with Gasteiger partial charge in [-0.25, -0.2) is 0 Å². The third-order valence-electron chi connectivity index (χ3n) is 3.42. The first kappa shape index (κ1) is 17.7. The summed E-state index contributed by atoms with van der Waals surface area (Å²) in [6, 6.07) is 8.31. The summed E-state index contributed by atoms with van der Waals surface area (Å²) in [5, 5.41) is 0. The van der Waals surface area contributed by atoms with E-state index in [1.165, 1.54) is 5.56 Å². The molecule has 1 aromatic rings. The zero-order chi connectivity index (χ0) is 16.0. The summed E-state index contributed by atoms with van der Waals surface area (Å²) in [5.41, 5.74) is 2.33. The fourth-order valence-electron chi connectivity index (χ4n) is 2.40. The zero-order valence-corrected chi connectivity index (χ0v) is 14.2. The molecule has 0 aliphatic rings. The number of esters is 1. The number of ether oxygens (including phenoxy) is 1. The lowest BCUT2D eigenvalue weighted by Crippen LogP contribution is -2.29. The molecule has 0 aliphatic heterocycles. The Morgan fingerprint density at radius 1 is 1.10 bits per heavy atom. The summed E-state index contributed by atoms with van der Waals surface area (Å²) in [6.45, 7) is 8.99. The van der Waals surface area contributed by atoms with E-state index in [0.717, 1.165) is 18.5 Å². The topological polar surface area (TPSA) is 29.5 Å². The SMILES string of the molecule is CC(C)Cc1ccc(C(C)C(=O)OC(C)CN(C)C)cc1. The van der Waals surface area contributed by atoms with Crippen LogP contribution in [0.2, 0.25) is 0 Å². The molecule has 3 heteroatoms. The van der Waals surface area contributed by atoms with Crippen molar-refractivity contribution >= 4 is 5.97 Å². The Morgan fingerprint density at radius 3 is 2.14 bits per heavy atom. The van der Waals surface area contributed by atoms with Crippen LogP contribution in [0.4, 0.5) is 0 Å². The van der Waals surface area contributed by atoms with E-state index in [-0.39, 0.29) is 18.0 Å². The minimum absolute atomic E-state index is 0.0878. The summed E-state index contributed by atoms with van der Waals surface area (Å²) < 4.78 is 5.49. The summed E-state index contributed by atoms with van der Waals surface area (Å²) in [6.07, 6.45) is 0.981. The molecule has 0 amide bonds. The van der Waals surface area contributed by atoms with Crippen LogP contribution in [0.5, 0.6) is 0 Å². The number of hydrogen-bond acceptors (Lipinski definition) is 3. The Labute approximate surface area is 129 Å². The summed E-state index contributed by atoms with van der Waals surface area (Å²) in [7, 11) is 3.95. The number of likely N-dealkylation sites (N-methyl/N-ethyl adjacent to an activating group) is 1. The Kier molecular flexibility index (Phi) is 6.90. The van der Waals surface area contributed by atoms with Crippen molar-refractivity contribution in [2.24, 2.45) is 5.92 Å². The molecule has 0 saturated carbocycles. The highest BCUT2D eigenvalue weighted by molar-refractivity contribution is 5.77. The van der Waals surface area contributed by atoms with E-state index >= 15 is 0 Å². The van der Waals surface area contributed by atoms with Gasteiger partial charge in [0.15, 0.2) is 0 Å². The number of nitrogens with zero attached hydrogens (tertiary/aromatic N) is 1. The molecule has 0 bridgehead atoms. The van der Waals surface area contributed by atoms with Gasteiger partial charge in [0.2, 0.25) is 0 Å². The second kappa shape index (κ2) is 8.18. The summed E-state index contributed by atoms with van der Waals surface area (Å²) in [4.78, 5) is 14.2. The van der Waals surface area contributed by atoms with Gasteiger partial charge in [0, 0.05) is 6.54 Å². The zero-order valence-electron chi connectivity index (χ0n) is 14.2.